The first-order valence-electron chi connectivity index (χ1n) is 5.20. The Morgan fingerprint density at radius 1 is 1.64 bits per heavy atom. The van der Waals surface area contributed by atoms with Gasteiger partial charge in [0.1, 0.15) is 0 Å². The van der Waals surface area contributed by atoms with Crippen molar-refractivity contribution >= 4 is 5.78 Å². The lowest BCUT2D eigenvalue weighted by Gasteiger charge is -2.24. The first-order valence-corrected chi connectivity index (χ1v) is 5.20. The molecule has 2 rings (SSSR count). The van der Waals surface area contributed by atoms with Gasteiger partial charge in [-0.25, -0.2) is 0 Å². The van der Waals surface area contributed by atoms with Crippen LogP contribution in [-0.4, -0.2) is 15.6 Å². The van der Waals surface area contributed by atoms with Crippen LogP contribution >= 0.6 is 0 Å². The minimum Gasteiger partial charge on any atom is -0.294 e. The van der Waals surface area contributed by atoms with Crippen molar-refractivity contribution in [3.63, 3.8) is 0 Å². The van der Waals surface area contributed by atoms with E-state index >= 15 is 0 Å². The fraction of sp³-hybridized carbons (Fsp3) is 0.636. The van der Waals surface area contributed by atoms with E-state index in [1.165, 1.54) is 19.3 Å². The molecule has 3 nitrogen and oxygen atoms in total. The quantitative estimate of drug-likeness (QED) is 0.687. The number of Topliss-reactive ketones (excluding diaryl/α,β-unsaturated/α-hetero) is 1. The maximum absolute atomic E-state index is 11.8. The molecular weight excluding hydrogens is 176 g/mol. The van der Waals surface area contributed by atoms with Gasteiger partial charge < -0.3 is 0 Å². The highest BCUT2D eigenvalue weighted by molar-refractivity contribution is 5.97. The van der Waals surface area contributed by atoms with Crippen LogP contribution in [0.5, 0.6) is 0 Å². The Hall–Kier alpha value is -1.12. The molecule has 0 atom stereocenters. The third kappa shape index (κ3) is 1.72. The summed E-state index contributed by atoms with van der Waals surface area (Å²) >= 11 is 0. The van der Waals surface area contributed by atoms with Gasteiger partial charge in [0, 0.05) is 19.7 Å². The van der Waals surface area contributed by atoms with E-state index < -0.39 is 0 Å². The number of carbonyl (C=O) groups excluding carboxylic acids is 1. The maximum atomic E-state index is 11.8. The van der Waals surface area contributed by atoms with Crippen LogP contribution in [0.3, 0.4) is 0 Å². The smallest absolute Gasteiger partial charge is 0.166 e. The Bertz CT molecular complexity index is 350. The van der Waals surface area contributed by atoms with Crippen molar-refractivity contribution in [1.29, 1.82) is 0 Å². The number of nitrogens with zero attached hydrogens (tertiary/aromatic N) is 2. The van der Waals surface area contributed by atoms with E-state index in [2.05, 4.69) is 5.10 Å². The van der Waals surface area contributed by atoms with Crippen molar-refractivity contribution in [1.82, 2.24) is 9.78 Å². The summed E-state index contributed by atoms with van der Waals surface area (Å²) in [5.74, 6) is 0.905. The summed E-state index contributed by atoms with van der Waals surface area (Å²) < 4.78 is 1.71. The first-order chi connectivity index (χ1) is 6.66. The predicted molar refractivity (Wildman–Crippen MR) is 54.2 cm³/mol. The molecule has 1 fully saturated rings. The molecule has 0 amide bonds. The van der Waals surface area contributed by atoms with Crippen molar-refractivity contribution in [2.45, 2.75) is 32.6 Å². The molecule has 1 aliphatic carbocycles. The Labute approximate surface area is 84.1 Å². The zero-order valence-electron chi connectivity index (χ0n) is 8.79. The van der Waals surface area contributed by atoms with E-state index in [1.807, 2.05) is 20.2 Å². The predicted octanol–water partition coefficient (Wildman–Crippen LogP) is 2.10. The number of hydrogen-bond donors (Lipinski definition) is 0. The van der Waals surface area contributed by atoms with E-state index in [0.717, 1.165) is 11.3 Å². The van der Waals surface area contributed by atoms with Crippen molar-refractivity contribution in [2.24, 2.45) is 13.0 Å². The molecule has 0 aliphatic heterocycles. The van der Waals surface area contributed by atoms with Gasteiger partial charge in [-0.2, -0.15) is 5.10 Å². The molecule has 1 saturated carbocycles. The number of carbonyl (C=O) groups is 1. The van der Waals surface area contributed by atoms with Gasteiger partial charge in [-0.05, 0) is 12.8 Å². The first kappa shape index (κ1) is 9.44. The Morgan fingerprint density at radius 2 is 2.36 bits per heavy atom. The minimum absolute atomic E-state index is 0.264. The van der Waals surface area contributed by atoms with Crippen molar-refractivity contribution in [3.05, 3.63) is 17.5 Å². The number of hydrogen-bond acceptors (Lipinski definition) is 2. The molecule has 0 bridgehead atoms. The summed E-state index contributed by atoms with van der Waals surface area (Å²) in [6.45, 7) is 1.90. The number of aromatic nitrogens is 2. The Morgan fingerprint density at radius 3 is 2.79 bits per heavy atom. The van der Waals surface area contributed by atoms with E-state index in [9.17, 15) is 4.79 Å². The van der Waals surface area contributed by atoms with Crippen LogP contribution in [0, 0.1) is 12.8 Å². The summed E-state index contributed by atoms with van der Waals surface area (Å²) in [5, 5.41) is 4.18. The average molecular weight is 192 g/mol. The summed E-state index contributed by atoms with van der Waals surface area (Å²) in [5.41, 5.74) is 1.66. The third-order valence-electron chi connectivity index (χ3n) is 3.01. The van der Waals surface area contributed by atoms with Gasteiger partial charge in [0.2, 0.25) is 0 Å². The van der Waals surface area contributed by atoms with Gasteiger partial charge >= 0.3 is 0 Å². The number of rotatable bonds is 3. The van der Waals surface area contributed by atoms with Crippen LogP contribution in [0.15, 0.2) is 6.20 Å². The van der Waals surface area contributed by atoms with Gasteiger partial charge in [-0.15, -0.1) is 0 Å². The highest BCUT2D eigenvalue weighted by Gasteiger charge is 2.22. The molecule has 1 aromatic heterocycles. The normalized spacial score (nSPS) is 16.7. The number of aryl methyl sites for hydroxylation is 2. The molecule has 1 aromatic rings. The SMILES string of the molecule is Cc1nn(C)cc1C(=O)CC1CCC1. The number of ketones is 1. The molecule has 76 valence electrons. The van der Waals surface area contributed by atoms with Crippen molar-refractivity contribution in [2.75, 3.05) is 0 Å². The van der Waals surface area contributed by atoms with Crippen molar-refractivity contribution in [3.8, 4) is 0 Å². The standard InChI is InChI=1S/C11H16N2O/c1-8-10(7-13(2)12-8)11(14)6-9-4-3-5-9/h7,9H,3-6H2,1-2H3. The van der Waals surface area contributed by atoms with E-state index in [4.69, 9.17) is 0 Å². The second-order valence-corrected chi connectivity index (χ2v) is 4.23. The largest absolute Gasteiger partial charge is 0.294 e. The average Bonchev–Trinajstić information content (AvgIpc) is 2.37. The van der Waals surface area contributed by atoms with Crippen LogP contribution in [0.25, 0.3) is 0 Å². The summed E-state index contributed by atoms with van der Waals surface area (Å²) in [6.07, 6.45) is 6.29. The Balaban J connectivity index is 2.06. The highest BCUT2D eigenvalue weighted by atomic mass is 16.1. The Kier molecular flexibility index (Phi) is 2.40. The zero-order chi connectivity index (χ0) is 10.1. The van der Waals surface area contributed by atoms with Crippen molar-refractivity contribution < 1.29 is 4.79 Å². The maximum Gasteiger partial charge on any atom is 0.166 e. The van der Waals surface area contributed by atoms with Crippen LogP contribution in [0.2, 0.25) is 0 Å². The van der Waals surface area contributed by atoms with Gasteiger partial charge in [0.25, 0.3) is 0 Å². The van der Waals surface area contributed by atoms with Gasteiger partial charge in [-0.3, -0.25) is 9.48 Å². The molecule has 0 N–H and O–H groups in total. The van der Waals surface area contributed by atoms with E-state index in [1.54, 1.807) is 4.68 Å². The molecule has 3 heteroatoms. The summed E-state index contributed by atoms with van der Waals surface area (Å²) in [6, 6.07) is 0. The second-order valence-electron chi connectivity index (χ2n) is 4.23. The van der Waals surface area contributed by atoms with Crippen LogP contribution < -0.4 is 0 Å². The van der Waals surface area contributed by atoms with Gasteiger partial charge in [-0.1, -0.05) is 19.3 Å². The lowest BCUT2D eigenvalue weighted by atomic mass is 9.81. The minimum atomic E-state index is 0.264. The molecule has 0 spiro atoms. The summed E-state index contributed by atoms with van der Waals surface area (Å²) in [7, 11) is 1.85. The van der Waals surface area contributed by atoms with Crippen LogP contribution in [0.1, 0.15) is 41.7 Å². The molecule has 0 aromatic carbocycles. The van der Waals surface area contributed by atoms with Gasteiger partial charge in [0.05, 0.1) is 11.3 Å². The monoisotopic (exact) mass is 192 g/mol. The van der Waals surface area contributed by atoms with Gasteiger partial charge in [0.15, 0.2) is 5.78 Å². The fourth-order valence-electron chi connectivity index (χ4n) is 1.94. The lowest BCUT2D eigenvalue weighted by Crippen LogP contribution is -2.16. The summed E-state index contributed by atoms with van der Waals surface area (Å²) in [4.78, 5) is 11.8. The van der Waals surface area contributed by atoms with E-state index in [0.29, 0.717) is 12.3 Å². The van der Waals surface area contributed by atoms with Crippen LogP contribution in [0.4, 0.5) is 0 Å². The second kappa shape index (κ2) is 3.56. The lowest BCUT2D eigenvalue weighted by molar-refractivity contribution is 0.0936. The third-order valence-corrected chi connectivity index (χ3v) is 3.01. The van der Waals surface area contributed by atoms with E-state index in [-0.39, 0.29) is 5.78 Å². The molecule has 0 radical (unpaired) electrons. The molecule has 1 heterocycles. The molecule has 14 heavy (non-hydrogen) atoms. The molecule has 1 aliphatic rings. The molecule has 0 unspecified atom stereocenters. The molecular formula is C11H16N2O. The fourth-order valence-corrected chi connectivity index (χ4v) is 1.94. The highest BCUT2D eigenvalue weighted by Crippen LogP contribution is 2.30. The topological polar surface area (TPSA) is 34.9 Å². The zero-order valence-corrected chi connectivity index (χ0v) is 8.79. The molecule has 0 saturated heterocycles. The van der Waals surface area contributed by atoms with Crippen LogP contribution in [-0.2, 0) is 7.05 Å².